The van der Waals surface area contributed by atoms with Gasteiger partial charge in [-0.3, -0.25) is 0 Å². The van der Waals surface area contributed by atoms with Crippen LogP contribution in [0.3, 0.4) is 0 Å². The number of hydrogen-bond donors (Lipinski definition) is 2. The van der Waals surface area contributed by atoms with Crippen LogP contribution < -0.4 is 10.2 Å². The van der Waals surface area contributed by atoms with Crippen LogP contribution in [-0.2, 0) is 0 Å². The summed E-state index contributed by atoms with van der Waals surface area (Å²) in [4.78, 5) is 13.3. The fourth-order valence-corrected chi connectivity index (χ4v) is 2.86. The lowest BCUT2D eigenvalue weighted by Crippen LogP contribution is -2.12. The number of aromatic carboxylic acids is 1. The van der Waals surface area contributed by atoms with E-state index in [1.165, 1.54) is 0 Å². The fourth-order valence-electron chi connectivity index (χ4n) is 2.18. The molecular formula is C16H16BrClN2O2. The Balaban J connectivity index is 2.54. The molecule has 2 rings (SSSR count). The highest BCUT2D eigenvalue weighted by atomic mass is 79.9. The van der Waals surface area contributed by atoms with E-state index in [-0.39, 0.29) is 5.56 Å². The minimum Gasteiger partial charge on any atom is -0.478 e. The highest BCUT2D eigenvalue weighted by Crippen LogP contribution is 2.36. The van der Waals surface area contributed by atoms with E-state index in [0.717, 1.165) is 21.4 Å². The Bertz CT molecular complexity index is 732. The van der Waals surface area contributed by atoms with Crippen molar-refractivity contribution in [2.24, 2.45) is 0 Å². The van der Waals surface area contributed by atoms with Gasteiger partial charge in [0.2, 0.25) is 0 Å². The van der Waals surface area contributed by atoms with Gasteiger partial charge in [-0.1, -0.05) is 33.6 Å². The molecule has 0 amide bonds. The molecule has 116 valence electrons. The molecule has 0 fully saturated rings. The number of carbonyl (C=O) groups is 1. The van der Waals surface area contributed by atoms with Gasteiger partial charge in [-0.15, -0.1) is 0 Å². The lowest BCUT2D eigenvalue weighted by atomic mass is 10.1. The minimum atomic E-state index is -0.989. The van der Waals surface area contributed by atoms with E-state index in [2.05, 4.69) is 21.2 Å². The van der Waals surface area contributed by atoms with E-state index in [0.29, 0.717) is 10.7 Å². The molecule has 2 N–H and O–H groups in total. The molecule has 0 bridgehead atoms. The summed E-state index contributed by atoms with van der Waals surface area (Å²) in [6.45, 7) is 1.91. The minimum absolute atomic E-state index is 0.196. The van der Waals surface area contributed by atoms with Crippen LogP contribution >= 0.6 is 27.5 Å². The smallest absolute Gasteiger partial charge is 0.337 e. The van der Waals surface area contributed by atoms with Crippen molar-refractivity contribution in [3.63, 3.8) is 0 Å². The monoisotopic (exact) mass is 382 g/mol. The summed E-state index contributed by atoms with van der Waals surface area (Å²) in [6, 6.07) is 8.88. The first-order valence-corrected chi connectivity index (χ1v) is 7.74. The van der Waals surface area contributed by atoms with Crippen LogP contribution in [-0.4, -0.2) is 25.2 Å². The number of anilines is 3. The summed E-state index contributed by atoms with van der Waals surface area (Å²) in [5.74, 6) is -0.989. The van der Waals surface area contributed by atoms with Gasteiger partial charge in [0, 0.05) is 18.6 Å². The van der Waals surface area contributed by atoms with Gasteiger partial charge in [-0.05, 0) is 36.8 Å². The van der Waals surface area contributed by atoms with Crippen LogP contribution in [0.25, 0.3) is 0 Å². The predicted molar refractivity (Wildman–Crippen MR) is 94.9 cm³/mol. The maximum atomic E-state index is 11.5. The average Bonchev–Trinajstić information content (AvgIpc) is 2.42. The van der Waals surface area contributed by atoms with Crippen molar-refractivity contribution in [1.29, 1.82) is 0 Å². The maximum absolute atomic E-state index is 11.5. The molecule has 22 heavy (non-hydrogen) atoms. The van der Waals surface area contributed by atoms with Gasteiger partial charge in [-0.2, -0.15) is 0 Å². The molecule has 0 aliphatic rings. The van der Waals surface area contributed by atoms with Gasteiger partial charge in [-0.25, -0.2) is 4.79 Å². The van der Waals surface area contributed by atoms with Crippen molar-refractivity contribution in [3.8, 4) is 0 Å². The summed E-state index contributed by atoms with van der Waals surface area (Å²) in [7, 11) is 3.77. The number of para-hydroxylation sites is 1. The Labute approximate surface area is 142 Å². The third kappa shape index (κ3) is 3.36. The Morgan fingerprint density at radius 2 is 1.95 bits per heavy atom. The first-order valence-electron chi connectivity index (χ1n) is 6.57. The Hall–Kier alpha value is -1.72. The van der Waals surface area contributed by atoms with Crippen LogP contribution in [0.15, 0.2) is 34.8 Å². The normalized spacial score (nSPS) is 10.4. The maximum Gasteiger partial charge on any atom is 0.337 e. The molecule has 0 atom stereocenters. The molecule has 6 heteroatoms. The highest BCUT2D eigenvalue weighted by molar-refractivity contribution is 9.10. The molecule has 0 saturated carbocycles. The van der Waals surface area contributed by atoms with Gasteiger partial charge < -0.3 is 15.3 Å². The van der Waals surface area contributed by atoms with Crippen molar-refractivity contribution >= 4 is 50.6 Å². The number of carboxylic acids is 1. The van der Waals surface area contributed by atoms with Gasteiger partial charge in [0.15, 0.2) is 0 Å². The van der Waals surface area contributed by atoms with Gasteiger partial charge in [0.25, 0.3) is 0 Å². The number of nitrogens with one attached hydrogen (secondary N) is 1. The number of carboxylic acid groups (broad SMARTS) is 1. The van der Waals surface area contributed by atoms with Crippen LogP contribution in [0.2, 0.25) is 5.02 Å². The molecule has 2 aromatic rings. The topological polar surface area (TPSA) is 52.6 Å². The average molecular weight is 384 g/mol. The third-order valence-electron chi connectivity index (χ3n) is 3.23. The Kier molecular flexibility index (Phi) is 4.98. The van der Waals surface area contributed by atoms with Crippen molar-refractivity contribution in [2.75, 3.05) is 24.3 Å². The van der Waals surface area contributed by atoms with E-state index in [4.69, 9.17) is 11.6 Å². The van der Waals surface area contributed by atoms with Crippen molar-refractivity contribution in [2.45, 2.75) is 6.92 Å². The highest BCUT2D eigenvalue weighted by Gasteiger charge is 2.15. The van der Waals surface area contributed by atoms with Crippen LogP contribution in [0.1, 0.15) is 15.9 Å². The van der Waals surface area contributed by atoms with Gasteiger partial charge >= 0.3 is 5.97 Å². The van der Waals surface area contributed by atoms with E-state index in [1.54, 1.807) is 18.2 Å². The molecule has 0 radical (unpaired) electrons. The van der Waals surface area contributed by atoms with Crippen molar-refractivity contribution in [3.05, 3.63) is 51.0 Å². The molecule has 0 aliphatic heterocycles. The van der Waals surface area contributed by atoms with Crippen LogP contribution in [0, 0.1) is 6.92 Å². The predicted octanol–water partition coefficient (Wildman–Crippen LogP) is 4.92. The second-order valence-electron chi connectivity index (χ2n) is 5.11. The second-order valence-corrected chi connectivity index (χ2v) is 6.37. The van der Waals surface area contributed by atoms with Crippen molar-refractivity contribution < 1.29 is 9.90 Å². The zero-order chi connectivity index (χ0) is 16.4. The number of aryl methyl sites for hydroxylation is 1. The number of halogens is 2. The summed E-state index contributed by atoms with van der Waals surface area (Å²) >= 11 is 9.61. The molecule has 2 aromatic carbocycles. The Morgan fingerprint density at radius 3 is 2.55 bits per heavy atom. The molecule has 0 spiro atoms. The lowest BCUT2D eigenvalue weighted by molar-refractivity contribution is 0.0698. The van der Waals surface area contributed by atoms with Crippen LogP contribution in [0.4, 0.5) is 17.1 Å². The quantitative estimate of drug-likeness (QED) is 0.787. The summed E-state index contributed by atoms with van der Waals surface area (Å²) in [6.07, 6.45) is 0. The number of hydrogen-bond acceptors (Lipinski definition) is 3. The van der Waals surface area contributed by atoms with Crippen molar-refractivity contribution in [1.82, 2.24) is 0 Å². The fraction of sp³-hybridized carbons (Fsp3) is 0.188. The summed E-state index contributed by atoms with van der Waals surface area (Å²) < 4.78 is 0.759. The lowest BCUT2D eigenvalue weighted by Gasteiger charge is -2.21. The zero-order valence-corrected chi connectivity index (χ0v) is 14.8. The van der Waals surface area contributed by atoms with E-state index >= 15 is 0 Å². The third-order valence-corrected chi connectivity index (χ3v) is 4.39. The van der Waals surface area contributed by atoms with Crippen LogP contribution in [0.5, 0.6) is 0 Å². The van der Waals surface area contributed by atoms with Gasteiger partial charge in [0.05, 0.1) is 27.6 Å². The second kappa shape index (κ2) is 6.58. The molecule has 0 unspecified atom stereocenters. The molecule has 0 saturated heterocycles. The van der Waals surface area contributed by atoms with E-state index in [9.17, 15) is 9.90 Å². The van der Waals surface area contributed by atoms with Gasteiger partial charge in [0.1, 0.15) is 0 Å². The van der Waals surface area contributed by atoms with E-state index in [1.807, 2.05) is 38.1 Å². The molecule has 0 aromatic heterocycles. The standard InChI is InChI=1S/C16H16BrClN2O2/c1-9-7-14(10(16(21)22)8-11(9)17)19-13-6-4-5-12(18)15(13)20(2)3/h4-8,19H,1-3H3,(H,21,22). The van der Waals surface area contributed by atoms with E-state index < -0.39 is 5.97 Å². The SMILES string of the molecule is Cc1cc(Nc2cccc(Cl)c2N(C)C)c(C(=O)O)cc1Br. The molecular weight excluding hydrogens is 368 g/mol. The number of rotatable bonds is 4. The Morgan fingerprint density at radius 1 is 1.27 bits per heavy atom. The first kappa shape index (κ1) is 16.6. The number of nitrogens with zero attached hydrogens (tertiary/aromatic N) is 1. The molecule has 4 nitrogen and oxygen atoms in total. The first-order chi connectivity index (χ1) is 10.3. The molecule has 0 aliphatic carbocycles. The summed E-state index contributed by atoms with van der Waals surface area (Å²) in [5, 5.41) is 13.2. The largest absolute Gasteiger partial charge is 0.478 e. The zero-order valence-electron chi connectivity index (χ0n) is 12.4. The molecule has 0 heterocycles. The summed E-state index contributed by atoms with van der Waals surface area (Å²) in [5.41, 5.74) is 3.23. The number of benzene rings is 2.